The standard InChI is InChI=1S/C12H27NO2/c1-5-14-9-10-15-12(4)7-6-8-13-11(2)3/h11-13H,5-10H2,1-4H3. The van der Waals surface area contributed by atoms with Crippen molar-refractivity contribution in [1.29, 1.82) is 0 Å². The fourth-order valence-electron chi connectivity index (χ4n) is 1.32. The van der Waals surface area contributed by atoms with Gasteiger partial charge in [0, 0.05) is 12.6 Å². The van der Waals surface area contributed by atoms with Crippen molar-refractivity contribution in [2.45, 2.75) is 52.7 Å². The molecule has 0 aliphatic carbocycles. The Bertz CT molecular complexity index is 129. The van der Waals surface area contributed by atoms with Gasteiger partial charge in [-0.1, -0.05) is 13.8 Å². The first-order valence-electron chi connectivity index (χ1n) is 6.09. The molecule has 0 bridgehead atoms. The number of ether oxygens (including phenoxy) is 2. The SMILES string of the molecule is CCOCCOC(C)CCCNC(C)C. The first kappa shape index (κ1) is 14.9. The summed E-state index contributed by atoms with van der Waals surface area (Å²) in [6.07, 6.45) is 2.64. The van der Waals surface area contributed by atoms with Gasteiger partial charge in [0.05, 0.1) is 19.3 Å². The lowest BCUT2D eigenvalue weighted by Gasteiger charge is -2.14. The van der Waals surface area contributed by atoms with Crippen molar-refractivity contribution in [1.82, 2.24) is 5.32 Å². The average molecular weight is 217 g/mol. The quantitative estimate of drug-likeness (QED) is 0.569. The molecule has 0 rings (SSSR count). The second kappa shape index (κ2) is 10.4. The van der Waals surface area contributed by atoms with Crippen LogP contribution in [0, 0.1) is 0 Å². The fraction of sp³-hybridized carbons (Fsp3) is 1.00. The molecule has 0 amide bonds. The lowest BCUT2D eigenvalue weighted by Crippen LogP contribution is -2.24. The van der Waals surface area contributed by atoms with Crippen LogP contribution >= 0.6 is 0 Å². The Morgan fingerprint density at radius 2 is 1.87 bits per heavy atom. The minimum absolute atomic E-state index is 0.347. The van der Waals surface area contributed by atoms with Gasteiger partial charge in [0.15, 0.2) is 0 Å². The lowest BCUT2D eigenvalue weighted by atomic mass is 10.2. The predicted octanol–water partition coefficient (Wildman–Crippen LogP) is 2.21. The van der Waals surface area contributed by atoms with Gasteiger partial charge in [0.2, 0.25) is 0 Å². The van der Waals surface area contributed by atoms with Crippen molar-refractivity contribution in [2.75, 3.05) is 26.4 Å². The van der Waals surface area contributed by atoms with Gasteiger partial charge in [0.1, 0.15) is 0 Å². The molecule has 0 radical (unpaired) electrons. The van der Waals surface area contributed by atoms with Crippen LogP contribution in [0.1, 0.15) is 40.5 Å². The molecule has 1 unspecified atom stereocenters. The van der Waals surface area contributed by atoms with Crippen molar-refractivity contribution in [3.8, 4) is 0 Å². The van der Waals surface area contributed by atoms with E-state index in [0.717, 1.165) is 19.6 Å². The van der Waals surface area contributed by atoms with E-state index in [1.807, 2.05) is 6.92 Å². The zero-order valence-corrected chi connectivity index (χ0v) is 10.7. The maximum atomic E-state index is 5.60. The van der Waals surface area contributed by atoms with Crippen LogP contribution in [0.2, 0.25) is 0 Å². The highest BCUT2D eigenvalue weighted by atomic mass is 16.5. The maximum Gasteiger partial charge on any atom is 0.0704 e. The minimum atomic E-state index is 0.347. The summed E-state index contributed by atoms with van der Waals surface area (Å²) in [4.78, 5) is 0. The molecule has 0 saturated heterocycles. The molecular formula is C12H27NO2. The maximum absolute atomic E-state index is 5.60. The molecule has 0 spiro atoms. The molecule has 92 valence electrons. The van der Waals surface area contributed by atoms with E-state index in [4.69, 9.17) is 9.47 Å². The van der Waals surface area contributed by atoms with E-state index in [-0.39, 0.29) is 0 Å². The van der Waals surface area contributed by atoms with Crippen LogP contribution in [0.5, 0.6) is 0 Å². The van der Waals surface area contributed by atoms with E-state index < -0.39 is 0 Å². The molecule has 0 aromatic heterocycles. The van der Waals surface area contributed by atoms with Gasteiger partial charge in [-0.15, -0.1) is 0 Å². The van der Waals surface area contributed by atoms with Crippen molar-refractivity contribution in [2.24, 2.45) is 0 Å². The van der Waals surface area contributed by atoms with Gasteiger partial charge in [-0.2, -0.15) is 0 Å². The number of hydrogen-bond donors (Lipinski definition) is 1. The summed E-state index contributed by atoms with van der Waals surface area (Å²) in [6.45, 7) is 11.7. The smallest absolute Gasteiger partial charge is 0.0704 e. The zero-order chi connectivity index (χ0) is 11.5. The molecule has 0 aliphatic rings. The van der Waals surface area contributed by atoms with E-state index in [0.29, 0.717) is 25.4 Å². The molecule has 3 heteroatoms. The molecular weight excluding hydrogens is 190 g/mol. The molecule has 0 fully saturated rings. The molecule has 0 aromatic carbocycles. The topological polar surface area (TPSA) is 30.5 Å². The highest BCUT2D eigenvalue weighted by Gasteiger charge is 2.01. The predicted molar refractivity (Wildman–Crippen MR) is 64.3 cm³/mol. The lowest BCUT2D eigenvalue weighted by molar-refractivity contribution is 0.0115. The van der Waals surface area contributed by atoms with E-state index in [1.165, 1.54) is 6.42 Å². The Balaban J connectivity index is 3.15. The van der Waals surface area contributed by atoms with Crippen molar-refractivity contribution in [3.05, 3.63) is 0 Å². The summed E-state index contributed by atoms with van der Waals surface area (Å²) < 4.78 is 10.8. The van der Waals surface area contributed by atoms with Crippen LogP contribution in [0.4, 0.5) is 0 Å². The Morgan fingerprint density at radius 1 is 1.13 bits per heavy atom. The van der Waals surface area contributed by atoms with Crippen LogP contribution in [0.3, 0.4) is 0 Å². The van der Waals surface area contributed by atoms with Crippen molar-refractivity contribution in [3.63, 3.8) is 0 Å². The van der Waals surface area contributed by atoms with Crippen LogP contribution in [-0.4, -0.2) is 38.5 Å². The Morgan fingerprint density at radius 3 is 2.47 bits per heavy atom. The zero-order valence-electron chi connectivity index (χ0n) is 10.7. The van der Waals surface area contributed by atoms with E-state index >= 15 is 0 Å². The van der Waals surface area contributed by atoms with Gasteiger partial charge < -0.3 is 14.8 Å². The number of rotatable bonds is 10. The minimum Gasteiger partial charge on any atom is -0.379 e. The van der Waals surface area contributed by atoms with E-state index in [9.17, 15) is 0 Å². The highest BCUT2D eigenvalue weighted by Crippen LogP contribution is 2.00. The van der Waals surface area contributed by atoms with Crippen LogP contribution in [-0.2, 0) is 9.47 Å². The molecule has 0 saturated carbocycles. The third-order valence-electron chi connectivity index (χ3n) is 2.17. The molecule has 0 aliphatic heterocycles. The second-order valence-electron chi connectivity index (χ2n) is 4.13. The fourth-order valence-corrected chi connectivity index (χ4v) is 1.32. The Labute approximate surface area is 94.5 Å². The molecule has 15 heavy (non-hydrogen) atoms. The van der Waals surface area contributed by atoms with Gasteiger partial charge >= 0.3 is 0 Å². The van der Waals surface area contributed by atoms with Gasteiger partial charge in [-0.25, -0.2) is 0 Å². The highest BCUT2D eigenvalue weighted by molar-refractivity contribution is 4.56. The third-order valence-corrected chi connectivity index (χ3v) is 2.17. The summed E-state index contributed by atoms with van der Waals surface area (Å²) >= 11 is 0. The first-order valence-corrected chi connectivity index (χ1v) is 6.09. The Hall–Kier alpha value is -0.120. The van der Waals surface area contributed by atoms with Crippen LogP contribution in [0.25, 0.3) is 0 Å². The summed E-state index contributed by atoms with van der Waals surface area (Å²) in [7, 11) is 0. The molecule has 1 atom stereocenters. The van der Waals surface area contributed by atoms with Gasteiger partial charge in [-0.3, -0.25) is 0 Å². The second-order valence-corrected chi connectivity index (χ2v) is 4.13. The third kappa shape index (κ3) is 11.8. The molecule has 1 N–H and O–H groups in total. The monoisotopic (exact) mass is 217 g/mol. The van der Waals surface area contributed by atoms with E-state index in [1.54, 1.807) is 0 Å². The summed E-state index contributed by atoms with van der Waals surface area (Å²) in [5.41, 5.74) is 0. The van der Waals surface area contributed by atoms with E-state index in [2.05, 4.69) is 26.1 Å². The molecule has 0 aromatic rings. The largest absolute Gasteiger partial charge is 0.379 e. The van der Waals surface area contributed by atoms with Crippen molar-refractivity contribution >= 4 is 0 Å². The van der Waals surface area contributed by atoms with Gasteiger partial charge in [0.25, 0.3) is 0 Å². The summed E-state index contributed by atoms with van der Waals surface area (Å²) in [5, 5.41) is 3.40. The average Bonchev–Trinajstić information content (AvgIpc) is 2.19. The normalized spacial score (nSPS) is 13.4. The Kier molecular flexibility index (Phi) is 10.3. The molecule has 0 heterocycles. The number of hydrogen-bond acceptors (Lipinski definition) is 3. The first-order chi connectivity index (χ1) is 7.16. The summed E-state index contributed by atoms with van der Waals surface area (Å²) in [5.74, 6) is 0. The summed E-state index contributed by atoms with van der Waals surface area (Å²) in [6, 6.07) is 0.583. The van der Waals surface area contributed by atoms with Crippen LogP contribution < -0.4 is 5.32 Å². The van der Waals surface area contributed by atoms with Crippen molar-refractivity contribution < 1.29 is 9.47 Å². The van der Waals surface area contributed by atoms with Crippen LogP contribution in [0.15, 0.2) is 0 Å². The molecule has 3 nitrogen and oxygen atoms in total. The van der Waals surface area contributed by atoms with Gasteiger partial charge in [-0.05, 0) is 33.2 Å². The number of nitrogens with one attached hydrogen (secondary N) is 1.